The average molecular weight is 287 g/mol. The molecule has 0 aromatic heterocycles. The molecule has 1 heterocycles. The summed E-state index contributed by atoms with van der Waals surface area (Å²) in [6.07, 6.45) is -1.29. The fourth-order valence-corrected chi connectivity index (χ4v) is 2.44. The third-order valence-corrected chi connectivity index (χ3v) is 3.40. The van der Waals surface area contributed by atoms with Gasteiger partial charge in [0.1, 0.15) is 12.2 Å². The molecule has 0 saturated carbocycles. The molecule has 1 aliphatic heterocycles. The molecule has 1 fully saturated rings. The predicted molar refractivity (Wildman–Crippen MR) is 68.4 cm³/mol. The number of hydrogen-bond acceptors (Lipinski definition) is 5. The van der Waals surface area contributed by atoms with Crippen LogP contribution in [0.5, 0.6) is 0 Å². The van der Waals surface area contributed by atoms with Crippen LogP contribution < -0.4 is 5.14 Å². The summed E-state index contributed by atoms with van der Waals surface area (Å²) >= 11 is 0. The van der Waals surface area contributed by atoms with Gasteiger partial charge in [0.05, 0.1) is 6.61 Å². The maximum Gasteiger partial charge on any atom is 0.333 e. The molecule has 7 heteroatoms. The number of rotatable bonds is 4. The summed E-state index contributed by atoms with van der Waals surface area (Å²) in [5, 5.41) is 4.82. The third kappa shape index (κ3) is 3.74. The van der Waals surface area contributed by atoms with Crippen molar-refractivity contribution in [3.05, 3.63) is 35.4 Å². The second-order valence-corrected chi connectivity index (χ2v) is 5.65. The Morgan fingerprint density at radius 1 is 1.32 bits per heavy atom. The number of ether oxygens (including phenoxy) is 2. The van der Waals surface area contributed by atoms with Gasteiger partial charge in [-0.2, -0.15) is 8.42 Å². The molecule has 3 atom stereocenters. The van der Waals surface area contributed by atoms with E-state index in [0.29, 0.717) is 0 Å². The zero-order valence-electron chi connectivity index (χ0n) is 10.8. The lowest BCUT2D eigenvalue weighted by molar-refractivity contribution is -0.0550. The fourth-order valence-electron chi connectivity index (χ4n) is 2.11. The molecule has 6 nitrogen and oxygen atoms in total. The van der Waals surface area contributed by atoms with E-state index in [0.717, 1.165) is 11.1 Å². The number of aryl methyl sites for hydroxylation is 1. The minimum Gasteiger partial charge on any atom is -0.344 e. The first-order valence-corrected chi connectivity index (χ1v) is 7.37. The minimum absolute atomic E-state index is 0.165. The van der Waals surface area contributed by atoms with Crippen LogP contribution in [0, 0.1) is 6.92 Å². The molecular formula is C12H17NO5S. The molecule has 19 heavy (non-hydrogen) atoms. The van der Waals surface area contributed by atoms with E-state index in [2.05, 4.69) is 4.18 Å². The van der Waals surface area contributed by atoms with Crippen molar-refractivity contribution in [3.8, 4) is 0 Å². The molecule has 1 aromatic rings. The number of benzene rings is 1. The molecule has 1 unspecified atom stereocenters. The van der Waals surface area contributed by atoms with Gasteiger partial charge in [0.15, 0.2) is 6.29 Å². The van der Waals surface area contributed by atoms with Crippen molar-refractivity contribution in [1.82, 2.24) is 0 Å². The SMILES string of the molecule is Cc1ccccc1[C@H]1OC(C)O[C@@H]1COS(N)(=O)=O. The first-order valence-electron chi connectivity index (χ1n) is 5.90. The lowest BCUT2D eigenvalue weighted by Crippen LogP contribution is -2.27. The van der Waals surface area contributed by atoms with E-state index in [1.165, 1.54) is 0 Å². The minimum atomic E-state index is -3.98. The lowest BCUT2D eigenvalue weighted by Gasteiger charge is -2.18. The fraction of sp³-hybridized carbons (Fsp3) is 0.500. The molecule has 0 amide bonds. The summed E-state index contributed by atoms with van der Waals surface area (Å²) in [7, 11) is -3.98. The maximum absolute atomic E-state index is 10.8. The van der Waals surface area contributed by atoms with Crippen LogP contribution in [0.2, 0.25) is 0 Å². The highest BCUT2D eigenvalue weighted by atomic mass is 32.2. The van der Waals surface area contributed by atoms with Gasteiger partial charge in [-0.3, -0.25) is 4.18 Å². The second kappa shape index (κ2) is 5.56. The van der Waals surface area contributed by atoms with E-state index in [9.17, 15) is 8.42 Å². The Bertz CT molecular complexity index is 545. The normalized spacial score (nSPS) is 27.6. The zero-order chi connectivity index (χ0) is 14.0. The van der Waals surface area contributed by atoms with Crippen molar-refractivity contribution < 1.29 is 22.1 Å². The molecule has 1 aliphatic rings. The zero-order valence-corrected chi connectivity index (χ0v) is 11.6. The summed E-state index contributed by atoms with van der Waals surface area (Å²) in [6.45, 7) is 3.55. The Kier molecular flexibility index (Phi) is 4.22. The van der Waals surface area contributed by atoms with Crippen molar-refractivity contribution in [2.24, 2.45) is 5.14 Å². The highest BCUT2D eigenvalue weighted by Crippen LogP contribution is 2.34. The second-order valence-electron chi connectivity index (χ2n) is 4.43. The Morgan fingerprint density at radius 2 is 2.00 bits per heavy atom. The Balaban J connectivity index is 2.16. The molecule has 0 aliphatic carbocycles. The van der Waals surface area contributed by atoms with Crippen LogP contribution in [-0.2, 0) is 24.0 Å². The van der Waals surface area contributed by atoms with Gasteiger partial charge in [-0.25, -0.2) is 5.14 Å². The van der Waals surface area contributed by atoms with E-state index < -0.39 is 22.7 Å². The van der Waals surface area contributed by atoms with Gasteiger partial charge in [0, 0.05) is 0 Å². The summed E-state index contributed by atoms with van der Waals surface area (Å²) in [4.78, 5) is 0. The van der Waals surface area contributed by atoms with Crippen LogP contribution in [-0.4, -0.2) is 27.4 Å². The van der Waals surface area contributed by atoms with Crippen molar-refractivity contribution in [2.45, 2.75) is 32.3 Å². The molecule has 1 aromatic carbocycles. The summed E-state index contributed by atoms with van der Waals surface area (Å²) < 4.78 is 37.5. The molecule has 1 saturated heterocycles. The van der Waals surface area contributed by atoms with Crippen molar-refractivity contribution in [2.75, 3.05) is 6.61 Å². The van der Waals surface area contributed by atoms with Crippen LogP contribution in [0.4, 0.5) is 0 Å². The van der Waals surface area contributed by atoms with Gasteiger partial charge < -0.3 is 9.47 Å². The Labute approximate surface area is 112 Å². The van der Waals surface area contributed by atoms with Gasteiger partial charge in [-0.15, -0.1) is 0 Å². The highest BCUT2D eigenvalue weighted by molar-refractivity contribution is 7.84. The molecular weight excluding hydrogens is 270 g/mol. The molecule has 2 N–H and O–H groups in total. The van der Waals surface area contributed by atoms with Crippen molar-refractivity contribution in [3.63, 3.8) is 0 Å². The van der Waals surface area contributed by atoms with Gasteiger partial charge in [0.2, 0.25) is 0 Å². The van der Waals surface area contributed by atoms with Crippen LogP contribution >= 0.6 is 0 Å². The van der Waals surface area contributed by atoms with Crippen molar-refractivity contribution in [1.29, 1.82) is 0 Å². The predicted octanol–water partition coefficient (Wildman–Crippen LogP) is 1.02. The molecule has 106 valence electrons. The van der Waals surface area contributed by atoms with E-state index in [1.54, 1.807) is 6.92 Å². The Morgan fingerprint density at radius 3 is 2.63 bits per heavy atom. The lowest BCUT2D eigenvalue weighted by atomic mass is 10.00. The molecule has 0 spiro atoms. The number of hydrogen-bond donors (Lipinski definition) is 1. The summed E-state index contributed by atoms with van der Waals surface area (Å²) in [5.41, 5.74) is 2.00. The first kappa shape index (κ1) is 14.4. The van der Waals surface area contributed by atoms with Crippen molar-refractivity contribution >= 4 is 10.3 Å². The smallest absolute Gasteiger partial charge is 0.333 e. The van der Waals surface area contributed by atoms with Crippen LogP contribution in [0.3, 0.4) is 0 Å². The molecule has 2 rings (SSSR count). The van der Waals surface area contributed by atoms with E-state index in [1.807, 2.05) is 31.2 Å². The summed E-state index contributed by atoms with van der Waals surface area (Å²) in [6, 6.07) is 7.70. The quantitative estimate of drug-likeness (QED) is 0.893. The molecule has 0 radical (unpaired) electrons. The maximum atomic E-state index is 10.8. The third-order valence-electron chi connectivity index (χ3n) is 2.93. The largest absolute Gasteiger partial charge is 0.344 e. The van der Waals surface area contributed by atoms with Gasteiger partial charge in [0.25, 0.3) is 0 Å². The number of nitrogens with two attached hydrogens (primary N) is 1. The topological polar surface area (TPSA) is 87.8 Å². The van der Waals surface area contributed by atoms with Gasteiger partial charge in [-0.05, 0) is 25.0 Å². The Hall–Kier alpha value is -0.990. The van der Waals surface area contributed by atoms with Crippen LogP contribution in [0.1, 0.15) is 24.2 Å². The van der Waals surface area contributed by atoms with Gasteiger partial charge in [-0.1, -0.05) is 24.3 Å². The highest BCUT2D eigenvalue weighted by Gasteiger charge is 2.36. The van der Waals surface area contributed by atoms with E-state index in [-0.39, 0.29) is 12.7 Å². The first-order chi connectivity index (χ1) is 8.87. The molecule has 0 bridgehead atoms. The monoisotopic (exact) mass is 287 g/mol. The van der Waals surface area contributed by atoms with E-state index >= 15 is 0 Å². The average Bonchev–Trinajstić information content (AvgIpc) is 2.67. The van der Waals surface area contributed by atoms with Gasteiger partial charge >= 0.3 is 10.3 Å². The standard InChI is InChI=1S/C12H17NO5S/c1-8-5-3-4-6-10(8)12-11(17-9(2)18-12)7-16-19(13,14)15/h3-6,9,11-12H,7H2,1-2H3,(H2,13,14,15)/t9?,11-,12-/m1/s1. The van der Waals surface area contributed by atoms with Crippen LogP contribution in [0.25, 0.3) is 0 Å². The van der Waals surface area contributed by atoms with E-state index in [4.69, 9.17) is 14.6 Å². The summed E-state index contributed by atoms with van der Waals surface area (Å²) in [5.74, 6) is 0. The van der Waals surface area contributed by atoms with Crippen LogP contribution in [0.15, 0.2) is 24.3 Å².